The molecule has 2 unspecified atom stereocenters. The molecule has 16 heavy (non-hydrogen) atoms. The molecular weight excluding hydrogens is 213 g/mol. The Hall–Kier alpha value is -1.91. The van der Waals surface area contributed by atoms with Crippen molar-refractivity contribution in [3.8, 4) is 0 Å². The fourth-order valence-electron chi connectivity index (χ4n) is 1.63. The van der Waals surface area contributed by atoms with Crippen LogP contribution in [0.3, 0.4) is 0 Å². The molecule has 2 atom stereocenters. The number of aliphatic imine (C=N–C) groups is 1. The summed E-state index contributed by atoms with van der Waals surface area (Å²) in [6, 6.07) is 4.59. The van der Waals surface area contributed by atoms with Crippen LogP contribution >= 0.6 is 0 Å². The Bertz CT molecular complexity index is 441. The normalized spacial score (nSPS) is 23.8. The molecule has 4 nitrogen and oxygen atoms in total. The summed E-state index contributed by atoms with van der Waals surface area (Å²) < 4.78 is 18.0. The highest BCUT2D eigenvalue weighted by Crippen LogP contribution is 2.29. The fourth-order valence-corrected chi connectivity index (χ4v) is 1.63. The molecule has 0 radical (unpaired) electrons. The van der Waals surface area contributed by atoms with Crippen molar-refractivity contribution in [1.82, 2.24) is 0 Å². The van der Waals surface area contributed by atoms with E-state index in [1.54, 1.807) is 6.92 Å². The summed E-state index contributed by atoms with van der Waals surface area (Å²) in [6.45, 7) is 1.60. The summed E-state index contributed by atoms with van der Waals surface area (Å²) in [7, 11) is 0. The molecule has 0 aromatic heterocycles. The van der Waals surface area contributed by atoms with Crippen molar-refractivity contribution in [2.24, 2.45) is 4.99 Å². The van der Waals surface area contributed by atoms with Crippen molar-refractivity contribution >= 4 is 11.9 Å². The van der Waals surface area contributed by atoms with E-state index in [-0.39, 0.29) is 5.82 Å². The molecule has 0 spiro atoms. The number of carboxylic acids is 1. The van der Waals surface area contributed by atoms with Crippen LogP contribution in [0.5, 0.6) is 0 Å². The van der Waals surface area contributed by atoms with Crippen LogP contribution in [0.2, 0.25) is 0 Å². The van der Waals surface area contributed by atoms with E-state index >= 15 is 0 Å². The monoisotopic (exact) mass is 223 g/mol. The number of carbonyl (C=O) groups is 1. The van der Waals surface area contributed by atoms with Crippen molar-refractivity contribution in [2.75, 3.05) is 0 Å². The van der Waals surface area contributed by atoms with E-state index in [2.05, 4.69) is 4.99 Å². The van der Waals surface area contributed by atoms with Gasteiger partial charge in [-0.2, -0.15) is 0 Å². The minimum absolute atomic E-state index is 0.335. The Morgan fingerprint density at radius 1 is 1.44 bits per heavy atom. The Labute approximate surface area is 91.4 Å². The first-order valence-electron chi connectivity index (χ1n) is 4.77. The van der Waals surface area contributed by atoms with Gasteiger partial charge in [-0.25, -0.2) is 14.2 Å². The smallest absolute Gasteiger partial charge is 0.332 e. The zero-order valence-electron chi connectivity index (χ0n) is 8.55. The number of halogens is 1. The van der Waals surface area contributed by atoms with Crippen molar-refractivity contribution < 1.29 is 19.0 Å². The van der Waals surface area contributed by atoms with E-state index in [9.17, 15) is 9.18 Å². The van der Waals surface area contributed by atoms with Gasteiger partial charge in [-0.15, -0.1) is 0 Å². The Morgan fingerprint density at radius 3 is 2.62 bits per heavy atom. The number of benzene rings is 1. The predicted octanol–water partition coefficient (Wildman–Crippen LogP) is 1.77. The highest BCUT2D eigenvalue weighted by molar-refractivity contribution is 5.84. The molecule has 0 saturated heterocycles. The van der Waals surface area contributed by atoms with Crippen molar-refractivity contribution in [1.29, 1.82) is 0 Å². The molecule has 1 aliphatic rings. The molecule has 1 aromatic carbocycles. The average Bonchev–Trinajstić information content (AvgIpc) is 2.61. The summed E-state index contributed by atoms with van der Waals surface area (Å²) in [5.74, 6) is -1.08. The van der Waals surface area contributed by atoms with Gasteiger partial charge in [0.15, 0.2) is 18.0 Å². The second-order valence-corrected chi connectivity index (χ2v) is 3.52. The first-order chi connectivity index (χ1) is 7.58. The summed E-state index contributed by atoms with van der Waals surface area (Å²) in [4.78, 5) is 14.8. The van der Waals surface area contributed by atoms with Gasteiger partial charge < -0.3 is 9.84 Å². The van der Waals surface area contributed by atoms with Crippen LogP contribution in [0, 0.1) is 5.82 Å². The third-order valence-corrected chi connectivity index (χ3v) is 2.36. The third-order valence-electron chi connectivity index (χ3n) is 2.36. The Morgan fingerprint density at radius 2 is 2.06 bits per heavy atom. The van der Waals surface area contributed by atoms with E-state index < -0.39 is 18.1 Å². The lowest BCUT2D eigenvalue weighted by molar-refractivity contribution is -0.140. The van der Waals surface area contributed by atoms with E-state index in [0.29, 0.717) is 11.5 Å². The molecule has 0 amide bonds. The van der Waals surface area contributed by atoms with E-state index in [1.165, 1.54) is 24.3 Å². The standard InChI is InChI=1S/C11H10FNO3/c1-6-13-9(11(14)15)10(16-6)7-2-4-8(12)5-3-7/h2-5,9-10H,1H3,(H,14,15). The second-order valence-electron chi connectivity index (χ2n) is 3.52. The molecule has 1 aromatic rings. The van der Waals surface area contributed by atoms with E-state index in [4.69, 9.17) is 9.84 Å². The average molecular weight is 223 g/mol. The number of aliphatic carboxylic acids is 1. The lowest BCUT2D eigenvalue weighted by Gasteiger charge is -2.14. The van der Waals surface area contributed by atoms with Gasteiger partial charge in [-0.3, -0.25) is 0 Å². The van der Waals surface area contributed by atoms with Crippen molar-refractivity contribution in [2.45, 2.75) is 19.1 Å². The van der Waals surface area contributed by atoms with Crippen LogP contribution in [0.15, 0.2) is 29.3 Å². The number of rotatable bonds is 2. The molecule has 2 rings (SSSR count). The summed E-state index contributed by atoms with van der Waals surface area (Å²) in [5, 5.41) is 8.96. The maximum atomic E-state index is 12.7. The first-order valence-corrected chi connectivity index (χ1v) is 4.77. The third kappa shape index (κ3) is 1.88. The number of hydrogen-bond donors (Lipinski definition) is 1. The molecule has 84 valence electrons. The van der Waals surface area contributed by atoms with Gasteiger partial charge in [0, 0.05) is 6.92 Å². The lowest BCUT2D eigenvalue weighted by Crippen LogP contribution is -2.23. The van der Waals surface area contributed by atoms with Crippen molar-refractivity contribution in [3.63, 3.8) is 0 Å². The fraction of sp³-hybridized carbons (Fsp3) is 0.273. The zero-order chi connectivity index (χ0) is 11.7. The number of hydrogen-bond acceptors (Lipinski definition) is 3. The summed E-state index contributed by atoms with van der Waals surface area (Å²) in [6.07, 6.45) is -0.668. The van der Waals surface area contributed by atoms with Crippen LogP contribution in [0.25, 0.3) is 0 Å². The molecule has 5 heteroatoms. The summed E-state index contributed by atoms with van der Waals surface area (Å²) in [5.41, 5.74) is 0.606. The van der Waals surface area contributed by atoms with Gasteiger partial charge in [-0.1, -0.05) is 12.1 Å². The van der Waals surface area contributed by atoms with Crippen LogP contribution in [0.4, 0.5) is 4.39 Å². The van der Waals surface area contributed by atoms with Crippen LogP contribution in [0.1, 0.15) is 18.6 Å². The van der Waals surface area contributed by atoms with Gasteiger partial charge >= 0.3 is 5.97 Å². The Balaban J connectivity index is 2.28. The van der Waals surface area contributed by atoms with E-state index in [0.717, 1.165) is 0 Å². The minimum Gasteiger partial charge on any atom is -0.480 e. The highest BCUT2D eigenvalue weighted by atomic mass is 19.1. The van der Waals surface area contributed by atoms with E-state index in [1.807, 2.05) is 0 Å². The molecule has 0 fully saturated rings. The molecule has 1 aliphatic heterocycles. The molecular formula is C11H10FNO3. The maximum absolute atomic E-state index is 12.7. The van der Waals surface area contributed by atoms with Gasteiger partial charge in [0.1, 0.15) is 5.82 Å². The molecule has 0 aliphatic carbocycles. The SMILES string of the molecule is CC1=NC(C(=O)O)C(c2ccc(F)cc2)O1. The highest BCUT2D eigenvalue weighted by Gasteiger charge is 2.36. The molecule has 0 bridgehead atoms. The van der Waals surface area contributed by atoms with Crippen molar-refractivity contribution in [3.05, 3.63) is 35.6 Å². The largest absolute Gasteiger partial charge is 0.480 e. The zero-order valence-corrected chi connectivity index (χ0v) is 8.55. The molecule has 0 saturated carbocycles. The Kier molecular flexibility index (Phi) is 2.60. The van der Waals surface area contributed by atoms with Gasteiger partial charge in [-0.05, 0) is 17.7 Å². The van der Waals surface area contributed by atoms with Gasteiger partial charge in [0.25, 0.3) is 0 Å². The summed E-state index contributed by atoms with van der Waals surface area (Å²) >= 11 is 0. The first kappa shape index (κ1) is 10.6. The lowest BCUT2D eigenvalue weighted by atomic mass is 10.0. The number of ether oxygens (including phenoxy) is 1. The minimum atomic E-state index is -1.05. The van der Waals surface area contributed by atoms with Crippen LogP contribution in [-0.2, 0) is 9.53 Å². The quantitative estimate of drug-likeness (QED) is 0.831. The topological polar surface area (TPSA) is 58.9 Å². The number of nitrogens with zero attached hydrogens (tertiary/aromatic N) is 1. The molecule has 1 heterocycles. The number of carboxylic acid groups (broad SMARTS) is 1. The predicted molar refractivity (Wildman–Crippen MR) is 54.8 cm³/mol. The van der Waals surface area contributed by atoms with Gasteiger partial charge in [0.2, 0.25) is 0 Å². The second kappa shape index (κ2) is 3.92. The van der Waals surface area contributed by atoms with Gasteiger partial charge in [0.05, 0.1) is 0 Å². The molecule has 1 N–H and O–H groups in total. The van der Waals surface area contributed by atoms with Crippen LogP contribution in [-0.4, -0.2) is 23.0 Å². The van der Waals surface area contributed by atoms with Crippen LogP contribution < -0.4 is 0 Å². The maximum Gasteiger partial charge on any atom is 0.332 e.